The molecule has 0 aromatic heterocycles. The summed E-state index contributed by atoms with van der Waals surface area (Å²) in [6.45, 7) is 6.01. The summed E-state index contributed by atoms with van der Waals surface area (Å²) in [7, 11) is 1.92. The summed E-state index contributed by atoms with van der Waals surface area (Å²) in [5.41, 5.74) is 0.857. The minimum atomic E-state index is -4.27. The lowest BCUT2D eigenvalue weighted by atomic mass is 9.81. The molecular formula is C13H16F3N. The first-order valence-electron chi connectivity index (χ1n) is 5.60. The summed E-state index contributed by atoms with van der Waals surface area (Å²) in [5.74, 6) is 0. The number of anilines is 1. The van der Waals surface area contributed by atoms with Gasteiger partial charge in [0.05, 0.1) is 5.56 Å². The summed E-state index contributed by atoms with van der Waals surface area (Å²) >= 11 is 0. The minimum absolute atomic E-state index is 0.195. The fourth-order valence-electron chi connectivity index (χ4n) is 2.45. The van der Waals surface area contributed by atoms with Gasteiger partial charge in [-0.05, 0) is 30.7 Å². The molecule has 0 fully saturated rings. The van der Waals surface area contributed by atoms with Crippen molar-refractivity contribution in [3.8, 4) is 0 Å². The zero-order valence-corrected chi connectivity index (χ0v) is 10.4. The van der Waals surface area contributed by atoms with Crippen LogP contribution in [0.4, 0.5) is 18.9 Å². The number of hydrogen-bond donors (Lipinski definition) is 0. The van der Waals surface area contributed by atoms with Crippen molar-refractivity contribution in [1.29, 1.82) is 0 Å². The van der Waals surface area contributed by atoms with Crippen molar-refractivity contribution in [2.75, 3.05) is 11.9 Å². The molecule has 1 aromatic carbocycles. The summed E-state index contributed by atoms with van der Waals surface area (Å²) in [6.07, 6.45) is -4.27. The first-order valence-corrected chi connectivity index (χ1v) is 5.60. The van der Waals surface area contributed by atoms with Crippen LogP contribution in [0.5, 0.6) is 0 Å². The molecule has 0 aliphatic carbocycles. The largest absolute Gasteiger partial charge is 0.416 e. The summed E-state index contributed by atoms with van der Waals surface area (Å²) in [4.78, 5) is 2.04. The molecule has 94 valence electrons. The zero-order valence-electron chi connectivity index (χ0n) is 10.4. The van der Waals surface area contributed by atoms with Crippen LogP contribution in [0.2, 0.25) is 0 Å². The fraction of sp³-hybridized carbons (Fsp3) is 0.538. The molecule has 4 heteroatoms. The van der Waals surface area contributed by atoms with Crippen molar-refractivity contribution in [2.45, 2.75) is 38.4 Å². The van der Waals surface area contributed by atoms with Gasteiger partial charge < -0.3 is 4.90 Å². The van der Waals surface area contributed by atoms with E-state index in [1.807, 2.05) is 32.7 Å². The number of halogens is 3. The van der Waals surface area contributed by atoms with Gasteiger partial charge >= 0.3 is 6.18 Å². The Kier molecular flexibility index (Phi) is 2.46. The molecule has 1 unspecified atom stereocenters. The Labute approximate surface area is 99.2 Å². The molecule has 1 nitrogen and oxygen atoms in total. The molecule has 1 heterocycles. The molecule has 1 aromatic rings. The number of nitrogens with zero attached hydrogens (tertiary/aromatic N) is 1. The molecule has 1 atom stereocenters. The van der Waals surface area contributed by atoms with Crippen molar-refractivity contribution in [2.24, 2.45) is 0 Å². The van der Waals surface area contributed by atoms with E-state index in [0.29, 0.717) is 0 Å². The smallest absolute Gasteiger partial charge is 0.371 e. The maximum absolute atomic E-state index is 12.7. The Morgan fingerprint density at radius 3 is 2.35 bits per heavy atom. The van der Waals surface area contributed by atoms with Gasteiger partial charge in [0.25, 0.3) is 0 Å². The number of hydrogen-bond acceptors (Lipinski definition) is 1. The van der Waals surface area contributed by atoms with E-state index in [4.69, 9.17) is 0 Å². The molecule has 2 rings (SSSR count). The van der Waals surface area contributed by atoms with Crippen molar-refractivity contribution in [1.82, 2.24) is 0 Å². The summed E-state index contributed by atoms with van der Waals surface area (Å²) in [5, 5.41) is 0. The van der Waals surface area contributed by atoms with E-state index in [2.05, 4.69) is 0 Å². The highest BCUT2D eigenvalue weighted by Gasteiger charge is 2.42. The average Bonchev–Trinajstić information content (AvgIpc) is 2.39. The van der Waals surface area contributed by atoms with Gasteiger partial charge in [-0.3, -0.25) is 0 Å². The molecule has 0 N–H and O–H groups in total. The van der Waals surface area contributed by atoms with Crippen LogP contribution < -0.4 is 4.90 Å². The zero-order chi connectivity index (χ0) is 13.0. The van der Waals surface area contributed by atoms with Crippen molar-refractivity contribution in [3.63, 3.8) is 0 Å². The van der Waals surface area contributed by atoms with E-state index in [-0.39, 0.29) is 11.5 Å². The third-order valence-corrected chi connectivity index (χ3v) is 4.02. The van der Waals surface area contributed by atoms with E-state index < -0.39 is 11.7 Å². The van der Waals surface area contributed by atoms with E-state index in [9.17, 15) is 13.2 Å². The second kappa shape index (κ2) is 3.40. The van der Waals surface area contributed by atoms with Gasteiger partial charge in [-0.15, -0.1) is 0 Å². The molecule has 1 aliphatic heterocycles. The van der Waals surface area contributed by atoms with Gasteiger partial charge in [-0.1, -0.05) is 13.8 Å². The predicted molar refractivity (Wildman–Crippen MR) is 62.3 cm³/mol. The van der Waals surface area contributed by atoms with Gasteiger partial charge in [0.1, 0.15) is 0 Å². The second-order valence-electron chi connectivity index (χ2n) is 5.24. The molecule has 0 amide bonds. The first kappa shape index (κ1) is 12.3. The Morgan fingerprint density at radius 2 is 1.82 bits per heavy atom. The number of fused-ring (bicyclic) bond motifs is 1. The van der Waals surface area contributed by atoms with Gasteiger partial charge in [-0.2, -0.15) is 13.2 Å². The number of rotatable bonds is 0. The fourth-order valence-corrected chi connectivity index (χ4v) is 2.45. The molecule has 0 radical (unpaired) electrons. The van der Waals surface area contributed by atoms with Crippen molar-refractivity contribution >= 4 is 5.69 Å². The molecular weight excluding hydrogens is 227 g/mol. The minimum Gasteiger partial charge on any atom is -0.371 e. The number of alkyl halides is 3. The monoisotopic (exact) mass is 243 g/mol. The maximum atomic E-state index is 12.7. The highest BCUT2D eigenvalue weighted by molar-refractivity contribution is 5.64. The normalized spacial score (nSPS) is 22.8. The Bertz CT molecular complexity index is 448. The Balaban J connectivity index is 2.59. The summed E-state index contributed by atoms with van der Waals surface area (Å²) < 4.78 is 38.1. The number of benzene rings is 1. The second-order valence-corrected chi connectivity index (χ2v) is 5.24. The molecule has 0 saturated carbocycles. The van der Waals surface area contributed by atoms with Gasteiger partial charge in [0.2, 0.25) is 0 Å². The van der Waals surface area contributed by atoms with Crippen LogP contribution in [0.3, 0.4) is 0 Å². The SMILES string of the molecule is CC1N(C)c2ccc(C(F)(F)F)cc2C1(C)C. The predicted octanol–water partition coefficient (Wildman–Crippen LogP) is 3.82. The lowest BCUT2D eigenvalue weighted by Crippen LogP contribution is -2.36. The van der Waals surface area contributed by atoms with Crippen LogP contribution in [0.1, 0.15) is 31.9 Å². The Hall–Kier alpha value is -1.19. The summed E-state index contributed by atoms with van der Waals surface area (Å²) in [6, 6.07) is 4.21. The van der Waals surface area contributed by atoms with E-state index >= 15 is 0 Å². The number of likely N-dealkylation sites (N-methyl/N-ethyl adjacent to an activating group) is 1. The standard InChI is InChI=1S/C13H16F3N/c1-8-12(2,3)10-7-9(13(14,15)16)5-6-11(10)17(8)4/h5-8H,1-4H3. The highest BCUT2D eigenvalue weighted by atomic mass is 19.4. The third kappa shape index (κ3) is 1.70. The molecule has 1 aliphatic rings. The molecule has 0 spiro atoms. The first-order chi connectivity index (χ1) is 7.65. The van der Waals surface area contributed by atoms with E-state index in [0.717, 1.165) is 17.3 Å². The van der Waals surface area contributed by atoms with Gasteiger partial charge in [-0.25, -0.2) is 0 Å². The van der Waals surface area contributed by atoms with Gasteiger partial charge in [0.15, 0.2) is 0 Å². The van der Waals surface area contributed by atoms with Crippen LogP contribution in [-0.4, -0.2) is 13.1 Å². The van der Waals surface area contributed by atoms with Crippen LogP contribution >= 0.6 is 0 Å². The van der Waals surface area contributed by atoms with Crippen molar-refractivity contribution in [3.05, 3.63) is 29.3 Å². The van der Waals surface area contributed by atoms with Crippen LogP contribution in [-0.2, 0) is 11.6 Å². The Morgan fingerprint density at radius 1 is 1.24 bits per heavy atom. The van der Waals surface area contributed by atoms with Gasteiger partial charge in [0, 0.05) is 24.2 Å². The van der Waals surface area contributed by atoms with Crippen LogP contribution in [0.25, 0.3) is 0 Å². The maximum Gasteiger partial charge on any atom is 0.416 e. The lowest BCUT2D eigenvalue weighted by molar-refractivity contribution is -0.137. The van der Waals surface area contributed by atoms with Crippen LogP contribution in [0, 0.1) is 0 Å². The molecule has 17 heavy (non-hydrogen) atoms. The lowest BCUT2D eigenvalue weighted by Gasteiger charge is -2.28. The van der Waals surface area contributed by atoms with E-state index in [1.54, 1.807) is 6.07 Å². The molecule has 0 bridgehead atoms. The highest BCUT2D eigenvalue weighted by Crippen LogP contribution is 2.46. The third-order valence-electron chi connectivity index (χ3n) is 4.02. The van der Waals surface area contributed by atoms with Crippen molar-refractivity contribution < 1.29 is 13.2 Å². The van der Waals surface area contributed by atoms with Crippen LogP contribution in [0.15, 0.2) is 18.2 Å². The van der Waals surface area contributed by atoms with E-state index in [1.165, 1.54) is 6.07 Å². The quantitative estimate of drug-likeness (QED) is 0.669. The topological polar surface area (TPSA) is 3.24 Å². The average molecular weight is 243 g/mol. The molecule has 0 saturated heterocycles.